The molecule has 25 heavy (non-hydrogen) atoms. The topological polar surface area (TPSA) is 43.9 Å². The van der Waals surface area contributed by atoms with Crippen molar-refractivity contribution in [3.05, 3.63) is 30.3 Å². The fourth-order valence-electron chi connectivity index (χ4n) is 3.62. The molecule has 0 radical (unpaired) electrons. The number of fused-ring (bicyclic) bond motifs is 4. The first-order chi connectivity index (χ1) is 12.0. The monoisotopic (exact) mass is 361 g/mol. The maximum Gasteiger partial charge on any atom is 0.241 e. The van der Waals surface area contributed by atoms with Crippen molar-refractivity contribution in [2.24, 2.45) is 5.92 Å². The molecule has 2 amide bonds. The van der Waals surface area contributed by atoms with Crippen molar-refractivity contribution in [2.45, 2.75) is 23.8 Å². The van der Waals surface area contributed by atoms with Crippen LogP contribution in [0.2, 0.25) is 0 Å². The zero-order valence-electron chi connectivity index (χ0n) is 15.1. The number of piperidine rings is 1. The highest BCUT2D eigenvalue weighted by Crippen LogP contribution is 2.29. The van der Waals surface area contributed by atoms with Gasteiger partial charge in [0.15, 0.2) is 0 Å². The Balaban J connectivity index is 1.57. The molecule has 3 aliphatic heterocycles. The summed E-state index contributed by atoms with van der Waals surface area (Å²) in [6.45, 7) is 2.92. The van der Waals surface area contributed by atoms with Crippen LogP contribution in [0.1, 0.15) is 12.8 Å². The minimum Gasteiger partial charge on any atom is -0.347 e. The molecule has 0 saturated carbocycles. The second-order valence-electron chi connectivity index (χ2n) is 7.10. The molecule has 5 nitrogen and oxygen atoms in total. The van der Waals surface area contributed by atoms with Crippen LogP contribution in [0.3, 0.4) is 0 Å². The van der Waals surface area contributed by atoms with E-state index in [1.165, 1.54) is 4.90 Å². The predicted molar refractivity (Wildman–Crippen MR) is 101 cm³/mol. The van der Waals surface area contributed by atoms with Gasteiger partial charge in [-0.3, -0.25) is 14.5 Å². The molecule has 3 saturated heterocycles. The molecule has 136 valence electrons. The molecule has 1 aromatic rings. The van der Waals surface area contributed by atoms with Crippen LogP contribution in [0.5, 0.6) is 0 Å². The van der Waals surface area contributed by atoms with Gasteiger partial charge in [0.05, 0.1) is 5.92 Å². The van der Waals surface area contributed by atoms with Gasteiger partial charge in [0.2, 0.25) is 11.8 Å². The van der Waals surface area contributed by atoms with Crippen LogP contribution in [0.25, 0.3) is 0 Å². The first kappa shape index (κ1) is 18.3. The van der Waals surface area contributed by atoms with E-state index in [0.29, 0.717) is 0 Å². The number of thioether (sulfide) groups is 1. The van der Waals surface area contributed by atoms with Crippen LogP contribution in [0.15, 0.2) is 35.2 Å². The van der Waals surface area contributed by atoms with Crippen LogP contribution in [-0.4, -0.2) is 78.6 Å². The summed E-state index contributed by atoms with van der Waals surface area (Å²) in [5.41, 5.74) is 0. The SMILES string of the molecule is CN(C)C(=O)CN1C(=O)[C@@H]2CC[C@H]1CN(CCSc1ccccc1)C2. The third-order valence-corrected chi connectivity index (χ3v) is 6.09. The lowest BCUT2D eigenvalue weighted by atomic mass is 9.94. The summed E-state index contributed by atoms with van der Waals surface area (Å²) < 4.78 is 0. The summed E-state index contributed by atoms with van der Waals surface area (Å²) in [7, 11) is 3.49. The lowest BCUT2D eigenvalue weighted by Crippen LogP contribution is -2.51. The van der Waals surface area contributed by atoms with Crippen molar-refractivity contribution < 1.29 is 9.59 Å². The van der Waals surface area contributed by atoms with Crippen LogP contribution in [-0.2, 0) is 9.59 Å². The second kappa shape index (κ2) is 8.23. The Hall–Kier alpha value is -1.53. The number of carbonyl (C=O) groups is 2. The third kappa shape index (κ3) is 4.55. The summed E-state index contributed by atoms with van der Waals surface area (Å²) in [5.74, 6) is 1.25. The van der Waals surface area contributed by atoms with E-state index in [9.17, 15) is 9.59 Å². The van der Waals surface area contributed by atoms with E-state index in [4.69, 9.17) is 0 Å². The van der Waals surface area contributed by atoms with Gasteiger partial charge in [0.25, 0.3) is 0 Å². The fraction of sp³-hybridized carbons (Fsp3) is 0.579. The van der Waals surface area contributed by atoms with Gasteiger partial charge in [-0.1, -0.05) is 18.2 Å². The standard InChI is InChI=1S/C19H27N3O2S/c1-20(2)18(23)14-22-16-9-8-15(19(22)24)12-21(13-16)10-11-25-17-6-4-3-5-7-17/h3-7,15-16H,8-14H2,1-2H3/t15-,16+/m1/s1. The van der Waals surface area contributed by atoms with Gasteiger partial charge in [0.1, 0.15) is 6.54 Å². The lowest BCUT2D eigenvalue weighted by molar-refractivity contribution is -0.145. The number of hydrogen-bond donors (Lipinski definition) is 0. The molecular weight excluding hydrogens is 334 g/mol. The summed E-state index contributed by atoms with van der Waals surface area (Å²) in [4.78, 5) is 31.9. The largest absolute Gasteiger partial charge is 0.347 e. The quantitative estimate of drug-likeness (QED) is 0.725. The molecule has 4 rings (SSSR count). The van der Waals surface area contributed by atoms with Gasteiger partial charge in [-0.05, 0) is 25.0 Å². The molecule has 0 spiro atoms. The van der Waals surface area contributed by atoms with Gasteiger partial charge < -0.3 is 9.80 Å². The molecule has 0 aliphatic carbocycles. The highest BCUT2D eigenvalue weighted by atomic mass is 32.2. The van der Waals surface area contributed by atoms with E-state index >= 15 is 0 Å². The van der Waals surface area contributed by atoms with E-state index in [2.05, 4.69) is 29.2 Å². The van der Waals surface area contributed by atoms with E-state index in [1.54, 1.807) is 19.0 Å². The number of nitrogens with zero attached hydrogens (tertiary/aromatic N) is 3. The molecule has 2 bridgehead atoms. The first-order valence-electron chi connectivity index (χ1n) is 8.95. The van der Waals surface area contributed by atoms with Gasteiger partial charge in [0, 0.05) is 50.4 Å². The van der Waals surface area contributed by atoms with E-state index < -0.39 is 0 Å². The molecule has 1 aromatic carbocycles. The van der Waals surface area contributed by atoms with E-state index in [1.807, 2.05) is 22.7 Å². The highest BCUT2D eigenvalue weighted by Gasteiger charge is 2.41. The van der Waals surface area contributed by atoms with Crippen molar-refractivity contribution in [1.82, 2.24) is 14.7 Å². The number of hydrogen-bond acceptors (Lipinski definition) is 4. The maximum atomic E-state index is 12.7. The predicted octanol–water partition coefficient (Wildman–Crippen LogP) is 1.79. The number of carbonyl (C=O) groups excluding carboxylic acids is 2. The van der Waals surface area contributed by atoms with Crippen LogP contribution < -0.4 is 0 Å². The van der Waals surface area contributed by atoms with E-state index in [0.717, 1.165) is 38.2 Å². The Morgan fingerprint density at radius 1 is 1.20 bits per heavy atom. The number of amides is 2. The summed E-state index contributed by atoms with van der Waals surface area (Å²) in [6, 6.07) is 10.6. The average Bonchev–Trinajstić information content (AvgIpc) is 2.88. The Morgan fingerprint density at radius 3 is 2.68 bits per heavy atom. The van der Waals surface area contributed by atoms with Gasteiger partial charge in [-0.25, -0.2) is 0 Å². The molecule has 6 heteroatoms. The smallest absolute Gasteiger partial charge is 0.241 e. The van der Waals surface area contributed by atoms with Crippen molar-refractivity contribution in [2.75, 3.05) is 46.0 Å². The van der Waals surface area contributed by atoms with Crippen LogP contribution in [0, 0.1) is 5.92 Å². The van der Waals surface area contributed by atoms with Crippen molar-refractivity contribution >= 4 is 23.6 Å². The van der Waals surface area contributed by atoms with Gasteiger partial charge in [-0.15, -0.1) is 11.8 Å². The van der Waals surface area contributed by atoms with Crippen LogP contribution in [0.4, 0.5) is 0 Å². The molecule has 3 heterocycles. The van der Waals surface area contributed by atoms with E-state index in [-0.39, 0.29) is 30.3 Å². The second-order valence-corrected chi connectivity index (χ2v) is 8.27. The van der Waals surface area contributed by atoms with Crippen molar-refractivity contribution in [3.8, 4) is 0 Å². The molecule has 3 aliphatic rings. The van der Waals surface area contributed by atoms with Crippen molar-refractivity contribution in [3.63, 3.8) is 0 Å². The molecule has 2 atom stereocenters. The highest BCUT2D eigenvalue weighted by molar-refractivity contribution is 7.99. The van der Waals surface area contributed by atoms with Gasteiger partial charge in [-0.2, -0.15) is 0 Å². The molecule has 0 unspecified atom stereocenters. The molecule has 0 N–H and O–H groups in total. The Morgan fingerprint density at radius 2 is 1.96 bits per heavy atom. The third-order valence-electron chi connectivity index (χ3n) is 5.09. The normalized spacial score (nSPS) is 23.6. The Labute approximate surface area is 154 Å². The van der Waals surface area contributed by atoms with Gasteiger partial charge >= 0.3 is 0 Å². The fourth-order valence-corrected chi connectivity index (χ4v) is 4.55. The number of likely N-dealkylation sites (N-methyl/N-ethyl adjacent to an activating group) is 1. The number of rotatable bonds is 6. The van der Waals surface area contributed by atoms with Crippen LogP contribution >= 0.6 is 11.8 Å². The Kier molecular flexibility index (Phi) is 6.02. The molecule has 3 fully saturated rings. The summed E-state index contributed by atoms with van der Waals surface area (Å²) in [5, 5.41) is 0. The zero-order valence-corrected chi connectivity index (χ0v) is 15.9. The zero-order chi connectivity index (χ0) is 17.8. The molecule has 0 aromatic heterocycles. The Bertz CT molecular complexity index is 608. The summed E-state index contributed by atoms with van der Waals surface area (Å²) >= 11 is 1.86. The number of benzene rings is 1. The maximum absolute atomic E-state index is 12.7. The minimum absolute atomic E-state index is 0.00656. The average molecular weight is 362 g/mol. The molecular formula is C19H27N3O2S. The minimum atomic E-state index is 0.00656. The lowest BCUT2D eigenvalue weighted by Gasteiger charge is -2.36. The summed E-state index contributed by atoms with van der Waals surface area (Å²) in [6.07, 6.45) is 1.97. The van der Waals surface area contributed by atoms with Crippen molar-refractivity contribution in [1.29, 1.82) is 0 Å². The first-order valence-corrected chi connectivity index (χ1v) is 9.94.